The van der Waals surface area contributed by atoms with Gasteiger partial charge in [-0.1, -0.05) is 91.0 Å². The molecular weight excluding hydrogens is 1180 g/mol. The summed E-state index contributed by atoms with van der Waals surface area (Å²) in [6, 6.07) is 29.4. The second-order valence-corrected chi connectivity index (χ2v) is 21.7. The van der Waals surface area contributed by atoms with E-state index in [4.69, 9.17) is 23.0 Å². The number of carbonyl (C=O) groups excluding carboxylic acids is 3. The van der Waals surface area contributed by atoms with E-state index in [1.165, 1.54) is 57.8 Å². The fraction of sp³-hybridized carbons (Fsp3) is 0.371. The number of ether oxygens (including phenoxy) is 3. The Kier molecular flexibility index (Phi) is 19.6. The lowest BCUT2D eigenvalue weighted by Gasteiger charge is -2.52. The highest BCUT2D eigenvalue weighted by atomic mass is 19.4. The Morgan fingerprint density at radius 3 is 1.41 bits per heavy atom. The lowest BCUT2D eigenvalue weighted by Crippen LogP contribution is -2.65. The summed E-state index contributed by atoms with van der Waals surface area (Å²) in [5, 5.41) is 9.25. The molecule has 0 spiro atoms. The molecule has 3 N–H and O–H groups in total. The summed E-state index contributed by atoms with van der Waals surface area (Å²) in [5.74, 6) is 0.0133. The standard InChI is InChI=1S/C35H33F6N3O5.C27H27F6N3O3/c1-23(26-15-28(34(36,37)38)17-29(16-26)35(39,40)41)48-21-33(27-11-7-4-8-12-27)14-13-32(43-24(2)45,30-18-42-22-49-30)20-44(33)31(46)47-19-25-9-5-3-6-10-25;1-17(19-10-21(26(28,29)30)12-22(11-19)27(31,32)33)38-15-25(20-6-4-3-5-7-20)9-8-24(14-35-25,36-18(2)37)23-13-34-16-39-23/h3-12,15-18,22-23H,13-14,19-21H2,1-2H3,(H,43,45);3-7,10-13,16-17,35H,8-9,14-15H2,1-2H3,(H,36,37)/t23-,32?,33-;17-,24+,25-/m11/s1. The van der Waals surface area contributed by atoms with Crippen LogP contribution in [0.2, 0.25) is 0 Å². The molecule has 470 valence electrons. The van der Waals surface area contributed by atoms with E-state index in [0.717, 1.165) is 5.56 Å². The van der Waals surface area contributed by atoms with Crippen LogP contribution in [0.1, 0.15) is 127 Å². The minimum absolute atomic E-state index is 0.0540. The van der Waals surface area contributed by atoms with Crippen LogP contribution in [0.15, 0.2) is 161 Å². The topological polar surface area (TPSA) is 170 Å². The van der Waals surface area contributed by atoms with Gasteiger partial charge in [0.1, 0.15) is 17.7 Å². The fourth-order valence-corrected chi connectivity index (χ4v) is 11.0. The quantitative estimate of drug-likeness (QED) is 0.0787. The van der Waals surface area contributed by atoms with E-state index in [1.54, 1.807) is 60.7 Å². The van der Waals surface area contributed by atoms with E-state index >= 15 is 0 Å². The van der Waals surface area contributed by atoms with Crippen LogP contribution < -0.4 is 16.0 Å². The summed E-state index contributed by atoms with van der Waals surface area (Å²) < 4.78 is 191. The van der Waals surface area contributed by atoms with Gasteiger partial charge in [0.2, 0.25) is 11.8 Å². The number of nitrogens with zero attached hydrogens (tertiary/aromatic N) is 3. The number of hydrogen-bond donors (Lipinski definition) is 3. The van der Waals surface area contributed by atoms with Crippen molar-refractivity contribution in [3.63, 3.8) is 0 Å². The number of benzene rings is 5. The average molecular weight is 1250 g/mol. The van der Waals surface area contributed by atoms with Crippen molar-refractivity contribution in [2.75, 3.05) is 26.3 Å². The van der Waals surface area contributed by atoms with Gasteiger partial charge in [-0.25, -0.2) is 14.8 Å². The molecular formula is C62H60F12N6O8. The third-order valence-electron chi connectivity index (χ3n) is 15.6. The maximum atomic E-state index is 14.2. The summed E-state index contributed by atoms with van der Waals surface area (Å²) in [6.07, 6.45) is -16.7. The molecule has 2 fully saturated rings. The molecule has 2 saturated heterocycles. The van der Waals surface area contributed by atoms with E-state index in [2.05, 4.69) is 25.9 Å². The highest BCUT2D eigenvalue weighted by Gasteiger charge is 2.55. The van der Waals surface area contributed by atoms with E-state index in [9.17, 15) is 67.1 Å². The molecule has 5 aromatic carbocycles. The maximum Gasteiger partial charge on any atom is 0.416 e. The van der Waals surface area contributed by atoms with Crippen molar-refractivity contribution >= 4 is 17.9 Å². The van der Waals surface area contributed by atoms with E-state index < -0.39 is 93.3 Å². The molecule has 9 rings (SSSR count). The normalized spacial score (nSPS) is 21.5. The number of carbonyl (C=O) groups is 3. The van der Waals surface area contributed by atoms with Crippen molar-refractivity contribution < 1.29 is 90.1 Å². The van der Waals surface area contributed by atoms with Gasteiger partial charge < -0.3 is 39.0 Å². The third-order valence-corrected chi connectivity index (χ3v) is 15.6. The summed E-state index contributed by atoms with van der Waals surface area (Å²) in [4.78, 5) is 48.0. The molecule has 6 atom stereocenters. The molecule has 3 amide bonds. The number of alkyl halides is 12. The van der Waals surface area contributed by atoms with Gasteiger partial charge in [0.15, 0.2) is 24.3 Å². The highest BCUT2D eigenvalue weighted by Crippen LogP contribution is 2.48. The van der Waals surface area contributed by atoms with Crippen molar-refractivity contribution in [3.05, 3.63) is 214 Å². The Morgan fingerprint density at radius 2 is 0.989 bits per heavy atom. The van der Waals surface area contributed by atoms with E-state index in [-0.39, 0.29) is 80.7 Å². The molecule has 7 aromatic rings. The number of aromatic nitrogens is 2. The molecule has 4 heterocycles. The molecule has 2 aliphatic heterocycles. The molecule has 2 aromatic heterocycles. The number of rotatable bonds is 16. The number of oxazole rings is 2. The molecule has 2 aliphatic rings. The van der Waals surface area contributed by atoms with Crippen molar-refractivity contribution in [1.82, 2.24) is 30.8 Å². The molecule has 14 nitrogen and oxygen atoms in total. The van der Waals surface area contributed by atoms with Crippen molar-refractivity contribution in [1.29, 1.82) is 0 Å². The van der Waals surface area contributed by atoms with Crippen molar-refractivity contribution in [2.24, 2.45) is 0 Å². The van der Waals surface area contributed by atoms with Gasteiger partial charge in [-0.3, -0.25) is 14.5 Å². The van der Waals surface area contributed by atoms with Crippen LogP contribution in [0.3, 0.4) is 0 Å². The van der Waals surface area contributed by atoms with Crippen molar-refractivity contribution in [3.8, 4) is 0 Å². The molecule has 0 bridgehead atoms. The number of piperidine rings is 2. The minimum Gasteiger partial charge on any atom is -0.446 e. The number of halogens is 12. The van der Waals surface area contributed by atoms with Gasteiger partial charge in [0.05, 0.1) is 77.7 Å². The van der Waals surface area contributed by atoms with Gasteiger partial charge in [-0.05, 0) is 104 Å². The van der Waals surface area contributed by atoms with Crippen LogP contribution >= 0.6 is 0 Å². The first-order valence-electron chi connectivity index (χ1n) is 27.4. The number of hydrogen-bond acceptors (Lipinski definition) is 11. The Hall–Kier alpha value is -8.23. The molecule has 0 aliphatic carbocycles. The zero-order valence-electron chi connectivity index (χ0n) is 47.6. The summed E-state index contributed by atoms with van der Waals surface area (Å²) in [6.45, 7) is 4.90. The number of amides is 3. The monoisotopic (exact) mass is 1240 g/mol. The van der Waals surface area contributed by atoms with Gasteiger partial charge in [-0.2, -0.15) is 52.7 Å². The van der Waals surface area contributed by atoms with Gasteiger partial charge in [-0.15, -0.1) is 0 Å². The largest absolute Gasteiger partial charge is 0.446 e. The molecule has 0 saturated carbocycles. The lowest BCUT2D eigenvalue weighted by molar-refractivity contribution is -0.145. The Balaban J connectivity index is 0.000000234. The first-order valence-corrected chi connectivity index (χ1v) is 27.4. The predicted octanol–water partition coefficient (Wildman–Crippen LogP) is 14.2. The van der Waals surface area contributed by atoms with Crippen molar-refractivity contribution in [2.45, 2.75) is 119 Å². The molecule has 0 radical (unpaired) electrons. The first-order chi connectivity index (χ1) is 41.4. The average Bonchev–Trinajstić information content (AvgIpc) is 0.976. The SMILES string of the molecule is CC(=O)NC1(c2cnco2)CC[C@@](CO[C@H](C)c2cc(C(F)(F)F)cc(C(F)(F)F)c2)(c2ccccc2)N(C(=O)OCc2ccccc2)C1.CC(=O)N[C@@]1(c2cnco2)CC[C@@](CO[C@H](C)c2cc(C(F)(F)F)cc(C(F)(F)F)c2)(c2ccccc2)NC1. The first kappa shape index (κ1) is 65.7. The summed E-state index contributed by atoms with van der Waals surface area (Å²) in [7, 11) is 0. The van der Waals surface area contributed by atoms with Crippen LogP contribution in [-0.2, 0) is 77.3 Å². The third kappa shape index (κ3) is 15.4. The minimum atomic E-state index is -5.04. The van der Waals surface area contributed by atoms with Gasteiger partial charge in [0.25, 0.3) is 0 Å². The highest BCUT2D eigenvalue weighted by molar-refractivity contribution is 5.75. The Bertz CT molecular complexity index is 3390. The van der Waals surface area contributed by atoms with Crippen LogP contribution in [0.5, 0.6) is 0 Å². The van der Waals surface area contributed by atoms with Crippen LogP contribution in [-0.4, -0.2) is 59.1 Å². The maximum absolute atomic E-state index is 14.2. The van der Waals surface area contributed by atoms with Crippen LogP contribution in [0.4, 0.5) is 57.5 Å². The number of nitrogens with one attached hydrogen (secondary N) is 3. The molecule has 26 heteroatoms. The Labute approximate surface area is 497 Å². The van der Waals surface area contributed by atoms with Crippen LogP contribution in [0, 0.1) is 0 Å². The van der Waals surface area contributed by atoms with Crippen LogP contribution in [0.25, 0.3) is 0 Å². The van der Waals surface area contributed by atoms with Gasteiger partial charge in [0, 0.05) is 20.4 Å². The van der Waals surface area contributed by atoms with Gasteiger partial charge >= 0.3 is 30.8 Å². The fourth-order valence-electron chi connectivity index (χ4n) is 11.0. The zero-order valence-corrected chi connectivity index (χ0v) is 47.6. The zero-order chi connectivity index (χ0) is 63.9. The van der Waals surface area contributed by atoms with E-state index in [0.29, 0.717) is 54.0 Å². The summed E-state index contributed by atoms with van der Waals surface area (Å²) in [5.41, 5.74) is -8.66. The molecule has 88 heavy (non-hydrogen) atoms. The summed E-state index contributed by atoms with van der Waals surface area (Å²) >= 11 is 0. The number of likely N-dealkylation sites (tertiary alicyclic amines) is 1. The second kappa shape index (κ2) is 26.2. The van der Waals surface area contributed by atoms with E-state index in [1.807, 2.05) is 30.3 Å². The predicted molar refractivity (Wildman–Crippen MR) is 292 cm³/mol. The second-order valence-electron chi connectivity index (χ2n) is 21.7. The smallest absolute Gasteiger partial charge is 0.416 e. The molecule has 1 unspecified atom stereocenters. The Morgan fingerprint density at radius 1 is 0.568 bits per heavy atom. The lowest BCUT2D eigenvalue weighted by atomic mass is 9.73.